The molecule has 4 rings (SSSR count). The average Bonchev–Trinajstić information content (AvgIpc) is 3.20. The van der Waals surface area contributed by atoms with Crippen molar-refractivity contribution in [2.75, 3.05) is 25.1 Å². The van der Waals surface area contributed by atoms with Crippen molar-refractivity contribution >= 4 is 21.4 Å². The van der Waals surface area contributed by atoms with Gasteiger partial charge in [0.25, 0.3) is 0 Å². The summed E-state index contributed by atoms with van der Waals surface area (Å²) in [5.74, 6) is 0.835. The monoisotopic (exact) mass is 343 g/mol. The van der Waals surface area contributed by atoms with Gasteiger partial charge < -0.3 is 15.4 Å². The fourth-order valence-electron chi connectivity index (χ4n) is 3.15. The minimum atomic E-state index is -0.142. The van der Waals surface area contributed by atoms with Crippen LogP contribution in [0.4, 0.5) is 5.13 Å². The quantitative estimate of drug-likeness (QED) is 0.792. The molecule has 1 aromatic carbocycles. The highest BCUT2D eigenvalue weighted by molar-refractivity contribution is 7.20. The zero-order valence-corrected chi connectivity index (χ0v) is 14.9. The van der Waals surface area contributed by atoms with Crippen molar-refractivity contribution in [2.45, 2.75) is 25.8 Å². The summed E-state index contributed by atoms with van der Waals surface area (Å²) in [5, 5.41) is 5.75. The Bertz CT molecular complexity index is 898. The summed E-state index contributed by atoms with van der Waals surface area (Å²) >= 11 is 1.60. The molecule has 7 heteroatoms. The summed E-state index contributed by atoms with van der Waals surface area (Å²) in [4.78, 5) is 7.65. The van der Waals surface area contributed by atoms with Crippen molar-refractivity contribution in [3.8, 4) is 17.0 Å². The molecule has 0 bridgehead atoms. The lowest BCUT2D eigenvalue weighted by atomic mass is 10.0. The molecule has 1 unspecified atom stereocenters. The van der Waals surface area contributed by atoms with Gasteiger partial charge in [-0.25, -0.2) is 9.50 Å². The third-order valence-corrected chi connectivity index (χ3v) is 5.47. The number of hydrogen-bond acceptors (Lipinski definition) is 6. The molecule has 3 aromatic rings. The zero-order valence-electron chi connectivity index (χ0n) is 14.1. The van der Waals surface area contributed by atoms with Crippen molar-refractivity contribution < 1.29 is 4.74 Å². The Hall–Kier alpha value is -2.12. The van der Waals surface area contributed by atoms with Crippen LogP contribution in [0.2, 0.25) is 0 Å². The number of aromatic nitrogens is 3. The molecule has 0 aliphatic carbocycles. The Morgan fingerprint density at radius 3 is 2.92 bits per heavy atom. The standard InChI is InChI=1S/C17H21N5OS/c1-11-4-5-12(14(8-11)23-3)13-9-19-15-22(13)20-16(24-15)21-7-6-17(2,18)10-21/h4-5,8-9H,6-7,10,18H2,1-3H3. The number of imidazole rings is 1. The van der Waals surface area contributed by atoms with Gasteiger partial charge >= 0.3 is 0 Å². The molecule has 2 N–H and O–H groups in total. The molecular weight excluding hydrogens is 322 g/mol. The maximum Gasteiger partial charge on any atom is 0.214 e. The summed E-state index contributed by atoms with van der Waals surface area (Å²) in [6, 6.07) is 6.16. The van der Waals surface area contributed by atoms with E-state index in [9.17, 15) is 0 Å². The van der Waals surface area contributed by atoms with E-state index in [1.807, 2.05) is 16.8 Å². The molecular formula is C17H21N5OS. The molecule has 126 valence electrons. The molecule has 3 heterocycles. The Labute approximate surface area is 144 Å². The fraction of sp³-hybridized carbons (Fsp3) is 0.412. The highest BCUT2D eigenvalue weighted by Gasteiger charge is 2.32. The normalized spacial score (nSPS) is 20.9. The molecule has 2 aromatic heterocycles. The topological polar surface area (TPSA) is 68.7 Å². The van der Waals surface area contributed by atoms with Crippen LogP contribution in [0.5, 0.6) is 5.75 Å². The van der Waals surface area contributed by atoms with Gasteiger partial charge in [-0.1, -0.05) is 17.4 Å². The summed E-state index contributed by atoms with van der Waals surface area (Å²) in [6.07, 6.45) is 2.83. The van der Waals surface area contributed by atoms with Gasteiger partial charge in [0, 0.05) is 24.2 Å². The van der Waals surface area contributed by atoms with Crippen LogP contribution in [0.15, 0.2) is 24.4 Å². The summed E-state index contributed by atoms with van der Waals surface area (Å²) in [5.41, 5.74) is 9.21. The Morgan fingerprint density at radius 1 is 1.38 bits per heavy atom. The molecule has 1 aliphatic heterocycles. The zero-order chi connectivity index (χ0) is 16.9. The number of hydrogen-bond donors (Lipinski definition) is 1. The van der Waals surface area contributed by atoms with Gasteiger partial charge in [-0.05, 0) is 38.0 Å². The van der Waals surface area contributed by atoms with Gasteiger partial charge in [0.1, 0.15) is 5.75 Å². The van der Waals surface area contributed by atoms with Crippen LogP contribution in [0, 0.1) is 6.92 Å². The number of fused-ring (bicyclic) bond motifs is 1. The summed E-state index contributed by atoms with van der Waals surface area (Å²) < 4.78 is 7.44. The minimum absolute atomic E-state index is 0.142. The van der Waals surface area contributed by atoms with Gasteiger partial charge in [0.2, 0.25) is 10.1 Å². The van der Waals surface area contributed by atoms with Crippen LogP contribution in [0.3, 0.4) is 0 Å². The van der Waals surface area contributed by atoms with E-state index < -0.39 is 0 Å². The smallest absolute Gasteiger partial charge is 0.214 e. The van der Waals surface area contributed by atoms with Gasteiger partial charge in [-0.3, -0.25) is 0 Å². The minimum Gasteiger partial charge on any atom is -0.496 e. The Morgan fingerprint density at radius 2 is 2.21 bits per heavy atom. The average molecular weight is 343 g/mol. The van der Waals surface area contributed by atoms with E-state index in [0.717, 1.165) is 52.2 Å². The van der Waals surface area contributed by atoms with Crippen molar-refractivity contribution in [3.05, 3.63) is 30.0 Å². The lowest BCUT2D eigenvalue weighted by Crippen LogP contribution is -2.39. The van der Waals surface area contributed by atoms with Gasteiger partial charge in [0.05, 0.1) is 19.0 Å². The van der Waals surface area contributed by atoms with Crippen LogP contribution >= 0.6 is 11.3 Å². The predicted molar refractivity (Wildman–Crippen MR) is 97.0 cm³/mol. The van der Waals surface area contributed by atoms with E-state index in [1.54, 1.807) is 18.4 Å². The number of nitrogens with two attached hydrogens (primary N) is 1. The molecule has 0 amide bonds. The van der Waals surface area contributed by atoms with Crippen molar-refractivity contribution in [1.29, 1.82) is 0 Å². The molecule has 6 nitrogen and oxygen atoms in total. The molecule has 1 saturated heterocycles. The molecule has 1 atom stereocenters. The van der Waals surface area contributed by atoms with Gasteiger partial charge in [0.15, 0.2) is 0 Å². The first-order valence-electron chi connectivity index (χ1n) is 8.00. The van der Waals surface area contributed by atoms with Crippen LogP contribution < -0.4 is 15.4 Å². The number of nitrogens with zero attached hydrogens (tertiary/aromatic N) is 4. The number of benzene rings is 1. The molecule has 1 aliphatic rings. The van der Waals surface area contributed by atoms with E-state index in [0.29, 0.717) is 0 Å². The second-order valence-electron chi connectivity index (χ2n) is 6.75. The van der Waals surface area contributed by atoms with E-state index in [1.165, 1.54) is 0 Å². The Kier molecular flexibility index (Phi) is 3.51. The largest absolute Gasteiger partial charge is 0.496 e. The first kappa shape index (κ1) is 15.4. The van der Waals surface area contributed by atoms with Crippen LogP contribution in [-0.4, -0.2) is 40.3 Å². The molecule has 0 radical (unpaired) electrons. The first-order valence-corrected chi connectivity index (χ1v) is 8.82. The predicted octanol–water partition coefficient (Wildman–Crippen LogP) is 2.70. The highest BCUT2D eigenvalue weighted by atomic mass is 32.1. The van der Waals surface area contributed by atoms with Gasteiger partial charge in [-0.15, -0.1) is 5.10 Å². The number of ether oxygens (including phenoxy) is 1. The maximum atomic E-state index is 6.24. The number of aryl methyl sites for hydroxylation is 1. The fourth-order valence-corrected chi connectivity index (χ4v) is 4.05. The van der Waals surface area contributed by atoms with E-state index in [-0.39, 0.29) is 5.54 Å². The highest BCUT2D eigenvalue weighted by Crippen LogP contribution is 2.35. The first-order chi connectivity index (χ1) is 11.5. The van der Waals surface area contributed by atoms with E-state index in [2.05, 4.69) is 35.9 Å². The number of rotatable bonds is 3. The van der Waals surface area contributed by atoms with Crippen LogP contribution in [0.25, 0.3) is 16.2 Å². The molecule has 1 fully saturated rings. The number of methoxy groups -OCH3 is 1. The van der Waals surface area contributed by atoms with Crippen molar-refractivity contribution in [2.24, 2.45) is 5.73 Å². The van der Waals surface area contributed by atoms with Crippen LogP contribution in [0.1, 0.15) is 18.9 Å². The van der Waals surface area contributed by atoms with E-state index in [4.69, 9.17) is 15.6 Å². The van der Waals surface area contributed by atoms with E-state index >= 15 is 0 Å². The summed E-state index contributed by atoms with van der Waals surface area (Å²) in [7, 11) is 1.69. The summed E-state index contributed by atoms with van der Waals surface area (Å²) in [6.45, 7) is 5.91. The SMILES string of the molecule is COc1cc(C)ccc1-c1cnc2sc(N3CCC(C)(N)C3)nn12. The molecule has 0 saturated carbocycles. The van der Waals surface area contributed by atoms with Crippen LogP contribution in [-0.2, 0) is 0 Å². The van der Waals surface area contributed by atoms with Crippen molar-refractivity contribution in [1.82, 2.24) is 14.6 Å². The maximum absolute atomic E-state index is 6.24. The third kappa shape index (κ3) is 2.53. The number of anilines is 1. The lowest BCUT2D eigenvalue weighted by Gasteiger charge is -2.18. The second-order valence-corrected chi connectivity index (χ2v) is 7.69. The molecule has 0 spiro atoms. The molecule has 24 heavy (non-hydrogen) atoms. The van der Waals surface area contributed by atoms with Gasteiger partial charge in [-0.2, -0.15) is 0 Å². The lowest BCUT2D eigenvalue weighted by molar-refractivity contribution is 0.416. The second kappa shape index (κ2) is 5.46. The van der Waals surface area contributed by atoms with Crippen molar-refractivity contribution in [3.63, 3.8) is 0 Å². The Balaban J connectivity index is 1.76. The third-order valence-electron chi connectivity index (χ3n) is 4.48.